The van der Waals surface area contributed by atoms with Crippen molar-refractivity contribution in [3.8, 4) is 16.9 Å². The van der Waals surface area contributed by atoms with E-state index >= 15 is 0 Å². The fourth-order valence-electron chi connectivity index (χ4n) is 3.25. The minimum absolute atomic E-state index is 0.152. The van der Waals surface area contributed by atoms with Gasteiger partial charge in [0.05, 0.1) is 0 Å². The molecule has 0 fully saturated rings. The lowest BCUT2D eigenvalue weighted by atomic mass is 10.1. The summed E-state index contributed by atoms with van der Waals surface area (Å²) in [6.45, 7) is 1.57. The van der Waals surface area contributed by atoms with Crippen LogP contribution in [0.5, 0.6) is 0 Å². The summed E-state index contributed by atoms with van der Waals surface area (Å²) in [5, 5.41) is 7.41. The number of nitrogens with zero attached hydrogens (tertiary/aromatic N) is 5. The van der Waals surface area contributed by atoms with Gasteiger partial charge in [0, 0.05) is 36.8 Å². The van der Waals surface area contributed by atoms with Gasteiger partial charge in [0.2, 0.25) is 0 Å². The Morgan fingerprint density at radius 3 is 2.62 bits per heavy atom. The van der Waals surface area contributed by atoms with Crippen molar-refractivity contribution < 1.29 is 4.79 Å². The largest absolute Gasteiger partial charge is 0.351 e. The zero-order chi connectivity index (χ0) is 20.2. The van der Waals surface area contributed by atoms with E-state index in [9.17, 15) is 4.79 Å². The highest BCUT2D eigenvalue weighted by molar-refractivity contribution is 5.92. The topological polar surface area (TPSA) is 67.5 Å². The number of carbonyl (C=O) groups excluding carboxylic acids is 1. The number of rotatable bonds is 7. The van der Waals surface area contributed by atoms with Crippen LogP contribution < -0.4 is 5.32 Å². The van der Waals surface area contributed by atoms with Gasteiger partial charge in [-0.2, -0.15) is 5.10 Å². The maximum atomic E-state index is 12.4. The summed E-state index contributed by atoms with van der Waals surface area (Å²) in [6.07, 6.45) is 8.36. The Balaban J connectivity index is 1.55. The zero-order valence-electron chi connectivity index (χ0n) is 16.6. The van der Waals surface area contributed by atoms with E-state index in [4.69, 9.17) is 0 Å². The second-order valence-corrected chi connectivity index (χ2v) is 7.20. The van der Waals surface area contributed by atoms with E-state index < -0.39 is 0 Å². The van der Waals surface area contributed by atoms with Crippen molar-refractivity contribution in [3.05, 3.63) is 72.9 Å². The van der Waals surface area contributed by atoms with E-state index in [1.807, 2.05) is 44.6 Å². The molecule has 0 aromatic carbocycles. The molecule has 4 heterocycles. The Bertz CT molecular complexity index is 1110. The molecule has 0 saturated carbocycles. The van der Waals surface area contributed by atoms with Crippen molar-refractivity contribution in [1.29, 1.82) is 0 Å². The van der Waals surface area contributed by atoms with Crippen LogP contribution >= 0.6 is 0 Å². The summed E-state index contributed by atoms with van der Waals surface area (Å²) >= 11 is 0. The molecule has 0 aliphatic heterocycles. The highest BCUT2D eigenvalue weighted by atomic mass is 16.1. The van der Waals surface area contributed by atoms with Gasteiger partial charge in [-0.25, -0.2) is 4.68 Å². The van der Waals surface area contributed by atoms with Crippen LogP contribution in [0, 0.1) is 0 Å². The number of nitrogens with one attached hydrogen (secondary N) is 1. The first-order valence-corrected chi connectivity index (χ1v) is 9.62. The standard InChI is InChI=1S/C22H24N6O/c1-26(2)14-3-11-24-22(29)20-10-15-28(25-20)21-7-6-19-5-4-18(16-27(19)21)17-8-12-23-13-9-17/h4-10,12-13,15-16H,3,11,14H2,1-2H3,(H,24,29). The van der Waals surface area contributed by atoms with Crippen molar-refractivity contribution in [2.24, 2.45) is 0 Å². The molecule has 7 nitrogen and oxygen atoms in total. The van der Waals surface area contributed by atoms with E-state index in [2.05, 4.69) is 43.0 Å². The monoisotopic (exact) mass is 388 g/mol. The molecule has 29 heavy (non-hydrogen) atoms. The third kappa shape index (κ3) is 4.20. The van der Waals surface area contributed by atoms with Crippen LogP contribution in [0.2, 0.25) is 0 Å². The average molecular weight is 388 g/mol. The quantitative estimate of drug-likeness (QED) is 0.495. The number of hydrogen-bond donors (Lipinski definition) is 1. The van der Waals surface area contributed by atoms with Gasteiger partial charge in [0.1, 0.15) is 5.82 Å². The van der Waals surface area contributed by atoms with Gasteiger partial charge < -0.3 is 14.6 Å². The number of hydrogen-bond acceptors (Lipinski definition) is 4. The van der Waals surface area contributed by atoms with E-state index in [1.54, 1.807) is 23.1 Å². The lowest BCUT2D eigenvalue weighted by Crippen LogP contribution is -2.27. The molecule has 0 spiro atoms. The third-order valence-corrected chi connectivity index (χ3v) is 4.77. The minimum atomic E-state index is -0.152. The van der Waals surface area contributed by atoms with Gasteiger partial charge in [-0.15, -0.1) is 0 Å². The van der Waals surface area contributed by atoms with Crippen LogP contribution in [0.4, 0.5) is 0 Å². The average Bonchev–Trinajstić information content (AvgIpc) is 3.38. The highest BCUT2D eigenvalue weighted by Crippen LogP contribution is 2.22. The molecule has 0 saturated heterocycles. The van der Waals surface area contributed by atoms with Crippen LogP contribution in [0.25, 0.3) is 22.5 Å². The number of fused-ring (bicyclic) bond motifs is 1. The molecule has 4 aromatic rings. The molecule has 0 aliphatic carbocycles. The molecule has 4 aromatic heterocycles. The predicted octanol–water partition coefficient (Wildman–Crippen LogP) is 2.87. The smallest absolute Gasteiger partial charge is 0.271 e. The summed E-state index contributed by atoms with van der Waals surface area (Å²) < 4.78 is 3.81. The van der Waals surface area contributed by atoms with E-state index in [-0.39, 0.29) is 5.91 Å². The van der Waals surface area contributed by atoms with Crippen LogP contribution in [0.3, 0.4) is 0 Å². The number of pyridine rings is 2. The summed E-state index contributed by atoms with van der Waals surface area (Å²) in [5.74, 6) is 0.725. The molecule has 0 bridgehead atoms. The Labute approximate surface area is 169 Å². The third-order valence-electron chi connectivity index (χ3n) is 4.77. The van der Waals surface area contributed by atoms with Crippen molar-refractivity contribution in [3.63, 3.8) is 0 Å². The van der Waals surface area contributed by atoms with Crippen LogP contribution in [0.1, 0.15) is 16.9 Å². The van der Waals surface area contributed by atoms with Crippen molar-refractivity contribution in [2.45, 2.75) is 6.42 Å². The summed E-state index contributed by atoms with van der Waals surface area (Å²) in [7, 11) is 4.04. The highest BCUT2D eigenvalue weighted by Gasteiger charge is 2.12. The molecule has 4 rings (SSSR count). The van der Waals surface area contributed by atoms with Gasteiger partial charge >= 0.3 is 0 Å². The summed E-state index contributed by atoms with van der Waals surface area (Å²) in [5.41, 5.74) is 3.65. The molecular weight excluding hydrogens is 364 g/mol. The van der Waals surface area contributed by atoms with E-state index in [0.717, 1.165) is 35.4 Å². The molecule has 0 unspecified atom stereocenters. The number of aromatic nitrogens is 4. The van der Waals surface area contributed by atoms with Gasteiger partial charge in [0.25, 0.3) is 5.91 Å². The SMILES string of the molecule is CN(C)CCCNC(=O)c1ccn(-c2ccc3ccc(-c4ccncc4)cn23)n1. The molecule has 0 radical (unpaired) electrons. The fourth-order valence-corrected chi connectivity index (χ4v) is 3.25. The maximum Gasteiger partial charge on any atom is 0.271 e. The molecule has 0 aliphatic rings. The number of amides is 1. The first-order valence-electron chi connectivity index (χ1n) is 9.62. The molecule has 148 valence electrons. The summed E-state index contributed by atoms with van der Waals surface area (Å²) in [6, 6.07) is 13.9. The second-order valence-electron chi connectivity index (χ2n) is 7.20. The molecule has 7 heteroatoms. The molecule has 1 amide bonds. The van der Waals surface area contributed by atoms with Gasteiger partial charge in [-0.05, 0) is 74.6 Å². The van der Waals surface area contributed by atoms with Crippen LogP contribution in [0.15, 0.2) is 67.3 Å². The molecule has 1 N–H and O–H groups in total. The normalized spacial score (nSPS) is 11.3. The second kappa shape index (κ2) is 8.28. The van der Waals surface area contributed by atoms with E-state index in [1.165, 1.54) is 0 Å². The minimum Gasteiger partial charge on any atom is -0.351 e. The zero-order valence-corrected chi connectivity index (χ0v) is 16.6. The first kappa shape index (κ1) is 18.9. The van der Waals surface area contributed by atoms with Crippen molar-refractivity contribution in [1.82, 2.24) is 29.4 Å². The van der Waals surface area contributed by atoms with Gasteiger partial charge in [0.15, 0.2) is 5.69 Å². The summed E-state index contributed by atoms with van der Waals surface area (Å²) in [4.78, 5) is 18.5. The van der Waals surface area contributed by atoms with Gasteiger partial charge in [-0.1, -0.05) is 6.07 Å². The van der Waals surface area contributed by atoms with E-state index in [0.29, 0.717) is 12.2 Å². The Hall–Kier alpha value is -3.45. The maximum absolute atomic E-state index is 12.4. The van der Waals surface area contributed by atoms with Crippen LogP contribution in [-0.4, -0.2) is 57.2 Å². The van der Waals surface area contributed by atoms with Gasteiger partial charge in [-0.3, -0.25) is 9.78 Å². The van der Waals surface area contributed by atoms with Crippen molar-refractivity contribution >= 4 is 11.4 Å². The number of carbonyl (C=O) groups is 1. The van der Waals surface area contributed by atoms with Crippen molar-refractivity contribution in [2.75, 3.05) is 27.2 Å². The Morgan fingerprint density at radius 2 is 1.83 bits per heavy atom. The molecule has 0 atom stereocenters. The lowest BCUT2D eigenvalue weighted by Gasteiger charge is -2.09. The first-order chi connectivity index (χ1) is 14.1. The fraction of sp³-hybridized carbons (Fsp3) is 0.227. The Morgan fingerprint density at radius 1 is 1.03 bits per heavy atom. The van der Waals surface area contributed by atoms with Crippen LogP contribution in [-0.2, 0) is 0 Å². The Kier molecular flexibility index (Phi) is 5.39. The molecular formula is C22H24N6O. The predicted molar refractivity (Wildman–Crippen MR) is 113 cm³/mol. The lowest BCUT2D eigenvalue weighted by molar-refractivity contribution is 0.0947.